The van der Waals surface area contributed by atoms with E-state index in [0.29, 0.717) is 0 Å². The molecule has 0 unspecified atom stereocenters. The lowest BCUT2D eigenvalue weighted by Gasteiger charge is -2.12. The van der Waals surface area contributed by atoms with E-state index in [1.807, 2.05) is 13.8 Å². The average molecular weight is 171 g/mol. The second kappa shape index (κ2) is 4.45. The van der Waals surface area contributed by atoms with Crippen molar-refractivity contribution in [3.05, 3.63) is 0 Å². The van der Waals surface area contributed by atoms with E-state index < -0.39 is 0 Å². The number of carbonyl (C=O) groups excluding carboxylic acids is 1. The number of hydroxylamine groups is 1. The Morgan fingerprint density at radius 2 is 2.00 bits per heavy atom. The van der Waals surface area contributed by atoms with Gasteiger partial charge in [-0.3, -0.25) is 9.63 Å². The maximum atomic E-state index is 11.1. The smallest absolute Gasteiger partial charge is 0.246 e. The molecule has 1 rings (SSSR count). The van der Waals surface area contributed by atoms with Crippen LogP contribution >= 0.6 is 0 Å². The van der Waals surface area contributed by atoms with Gasteiger partial charge in [0.15, 0.2) is 0 Å². The van der Waals surface area contributed by atoms with Gasteiger partial charge in [0, 0.05) is 5.92 Å². The molecule has 0 atom stereocenters. The van der Waals surface area contributed by atoms with Crippen molar-refractivity contribution in [1.29, 1.82) is 0 Å². The Kier molecular flexibility index (Phi) is 3.53. The molecule has 0 radical (unpaired) electrons. The Labute approximate surface area is 73.4 Å². The van der Waals surface area contributed by atoms with Gasteiger partial charge in [0.2, 0.25) is 5.91 Å². The minimum Gasteiger partial charge on any atom is -0.273 e. The van der Waals surface area contributed by atoms with Gasteiger partial charge in [-0.1, -0.05) is 26.7 Å². The van der Waals surface area contributed by atoms with Gasteiger partial charge in [-0.25, -0.2) is 5.48 Å². The first-order valence-electron chi connectivity index (χ1n) is 4.65. The summed E-state index contributed by atoms with van der Waals surface area (Å²) >= 11 is 0. The molecular formula is C9H17NO2. The molecule has 70 valence electrons. The molecule has 3 nitrogen and oxygen atoms in total. The Bertz CT molecular complexity index is 151. The van der Waals surface area contributed by atoms with E-state index in [4.69, 9.17) is 4.84 Å². The number of carbonyl (C=O) groups is 1. The Morgan fingerprint density at radius 3 is 2.50 bits per heavy atom. The molecule has 1 amide bonds. The molecule has 0 aromatic rings. The highest BCUT2D eigenvalue weighted by atomic mass is 16.7. The van der Waals surface area contributed by atoms with Crippen LogP contribution in [-0.4, -0.2) is 12.0 Å². The van der Waals surface area contributed by atoms with Crippen molar-refractivity contribution in [1.82, 2.24) is 5.48 Å². The third kappa shape index (κ3) is 2.81. The zero-order valence-electron chi connectivity index (χ0n) is 7.80. The van der Waals surface area contributed by atoms with Crippen molar-refractivity contribution in [3.8, 4) is 0 Å². The minimum atomic E-state index is -0.0260. The molecule has 1 N–H and O–H groups in total. The molecular weight excluding hydrogens is 154 g/mol. The van der Waals surface area contributed by atoms with Gasteiger partial charge < -0.3 is 0 Å². The van der Waals surface area contributed by atoms with E-state index in [1.165, 1.54) is 12.8 Å². The summed E-state index contributed by atoms with van der Waals surface area (Å²) in [6.45, 7) is 3.71. The van der Waals surface area contributed by atoms with Crippen molar-refractivity contribution < 1.29 is 9.63 Å². The van der Waals surface area contributed by atoms with Gasteiger partial charge in [-0.2, -0.15) is 0 Å². The molecule has 0 heterocycles. The Morgan fingerprint density at radius 1 is 1.42 bits per heavy atom. The average Bonchev–Trinajstić information content (AvgIpc) is 2.51. The zero-order valence-corrected chi connectivity index (χ0v) is 7.80. The number of hydrogen-bond donors (Lipinski definition) is 1. The molecule has 0 bridgehead atoms. The van der Waals surface area contributed by atoms with Gasteiger partial charge >= 0.3 is 0 Å². The predicted molar refractivity (Wildman–Crippen MR) is 46.3 cm³/mol. The van der Waals surface area contributed by atoms with Crippen LogP contribution in [0, 0.1) is 5.92 Å². The number of rotatable bonds is 3. The van der Waals surface area contributed by atoms with Gasteiger partial charge in [-0.15, -0.1) is 0 Å². The molecule has 1 fully saturated rings. The highest BCUT2D eigenvalue weighted by Crippen LogP contribution is 2.19. The lowest BCUT2D eigenvalue weighted by molar-refractivity contribution is -0.141. The minimum absolute atomic E-state index is 0.00593. The quantitative estimate of drug-likeness (QED) is 0.655. The maximum Gasteiger partial charge on any atom is 0.246 e. The standard InChI is InChI=1S/C9H17NO2/c1-7(2)9(11)10-12-8-5-3-4-6-8/h7-8H,3-6H2,1-2H3,(H,10,11). The van der Waals surface area contributed by atoms with Crippen molar-refractivity contribution in [2.75, 3.05) is 0 Å². The lowest BCUT2D eigenvalue weighted by Crippen LogP contribution is -2.31. The summed E-state index contributed by atoms with van der Waals surface area (Å²) in [7, 11) is 0. The maximum absolute atomic E-state index is 11.1. The first kappa shape index (κ1) is 9.52. The molecule has 0 saturated heterocycles. The van der Waals surface area contributed by atoms with Crippen LogP contribution in [0.5, 0.6) is 0 Å². The number of amides is 1. The molecule has 3 heteroatoms. The number of nitrogens with one attached hydrogen (secondary N) is 1. The van der Waals surface area contributed by atoms with Crippen LogP contribution in [0.1, 0.15) is 39.5 Å². The van der Waals surface area contributed by atoms with Crippen LogP contribution in [-0.2, 0) is 9.63 Å². The van der Waals surface area contributed by atoms with E-state index in [-0.39, 0.29) is 17.9 Å². The topological polar surface area (TPSA) is 38.3 Å². The van der Waals surface area contributed by atoms with Crippen LogP contribution in [0.3, 0.4) is 0 Å². The molecule has 0 aromatic carbocycles. The summed E-state index contributed by atoms with van der Waals surface area (Å²) in [6, 6.07) is 0. The molecule has 1 saturated carbocycles. The normalized spacial score (nSPS) is 18.6. The van der Waals surface area contributed by atoms with Crippen LogP contribution < -0.4 is 5.48 Å². The van der Waals surface area contributed by atoms with E-state index in [0.717, 1.165) is 12.8 Å². The fourth-order valence-electron chi connectivity index (χ4n) is 1.27. The first-order chi connectivity index (χ1) is 5.70. The molecule has 1 aliphatic carbocycles. The molecule has 12 heavy (non-hydrogen) atoms. The number of hydrogen-bond acceptors (Lipinski definition) is 2. The van der Waals surface area contributed by atoms with Crippen LogP contribution in [0.4, 0.5) is 0 Å². The van der Waals surface area contributed by atoms with Crippen molar-refractivity contribution >= 4 is 5.91 Å². The van der Waals surface area contributed by atoms with Gasteiger partial charge in [0.25, 0.3) is 0 Å². The summed E-state index contributed by atoms with van der Waals surface area (Å²) in [6.07, 6.45) is 4.87. The fraction of sp³-hybridized carbons (Fsp3) is 0.889. The molecule has 1 aliphatic rings. The largest absolute Gasteiger partial charge is 0.273 e. The zero-order chi connectivity index (χ0) is 8.97. The van der Waals surface area contributed by atoms with Crippen molar-refractivity contribution in [3.63, 3.8) is 0 Å². The predicted octanol–water partition coefficient (Wildman–Crippen LogP) is 1.63. The summed E-state index contributed by atoms with van der Waals surface area (Å²) in [5.41, 5.74) is 2.49. The highest BCUT2D eigenvalue weighted by Gasteiger charge is 2.17. The van der Waals surface area contributed by atoms with Gasteiger partial charge in [0.1, 0.15) is 0 Å². The first-order valence-corrected chi connectivity index (χ1v) is 4.65. The van der Waals surface area contributed by atoms with Crippen molar-refractivity contribution in [2.24, 2.45) is 5.92 Å². The summed E-state index contributed by atoms with van der Waals surface area (Å²) in [5, 5.41) is 0. The fourth-order valence-corrected chi connectivity index (χ4v) is 1.27. The third-order valence-corrected chi connectivity index (χ3v) is 2.15. The molecule has 0 spiro atoms. The summed E-state index contributed by atoms with van der Waals surface area (Å²) in [4.78, 5) is 16.3. The molecule has 0 aliphatic heterocycles. The third-order valence-electron chi connectivity index (χ3n) is 2.15. The van der Waals surface area contributed by atoms with E-state index in [9.17, 15) is 4.79 Å². The van der Waals surface area contributed by atoms with E-state index in [2.05, 4.69) is 5.48 Å². The Hall–Kier alpha value is -0.570. The van der Waals surface area contributed by atoms with Crippen LogP contribution in [0.25, 0.3) is 0 Å². The van der Waals surface area contributed by atoms with Crippen LogP contribution in [0.2, 0.25) is 0 Å². The monoisotopic (exact) mass is 171 g/mol. The molecule has 0 aromatic heterocycles. The second-order valence-electron chi connectivity index (χ2n) is 3.65. The van der Waals surface area contributed by atoms with Gasteiger partial charge in [0.05, 0.1) is 6.10 Å². The van der Waals surface area contributed by atoms with E-state index in [1.54, 1.807) is 0 Å². The second-order valence-corrected chi connectivity index (χ2v) is 3.65. The van der Waals surface area contributed by atoms with Crippen molar-refractivity contribution in [2.45, 2.75) is 45.6 Å². The summed E-state index contributed by atoms with van der Waals surface area (Å²) in [5.74, 6) is -0.0201. The van der Waals surface area contributed by atoms with E-state index >= 15 is 0 Å². The van der Waals surface area contributed by atoms with Gasteiger partial charge in [-0.05, 0) is 12.8 Å². The lowest BCUT2D eigenvalue weighted by atomic mass is 10.2. The van der Waals surface area contributed by atoms with Crippen LogP contribution in [0.15, 0.2) is 0 Å². The highest BCUT2D eigenvalue weighted by molar-refractivity contribution is 5.76. The Balaban J connectivity index is 2.12. The summed E-state index contributed by atoms with van der Waals surface area (Å²) < 4.78 is 0. The SMILES string of the molecule is CC(C)C(=O)NOC1CCCC1.